The van der Waals surface area contributed by atoms with Gasteiger partial charge in [-0.15, -0.1) is 0 Å². The van der Waals surface area contributed by atoms with Gasteiger partial charge in [-0.1, -0.05) is 60.9 Å². The van der Waals surface area contributed by atoms with Crippen LogP contribution in [0.4, 0.5) is 13.2 Å². The first kappa shape index (κ1) is 24.1. The third kappa shape index (κ3) is 4.00. The molecule has 5 unspecified atom stereocenters. The van der Waals surface area contributed by atoms with Crippen molar-refractivity contribution in [2.75, 3.05) is 0 Å². The smallest absolute Gasteiger partial charge is 0.377 e. The number of rotatable bonds is 2. The number of halogens is 3. The Balaban J connectivity index is 1.65. The second-order valence-electron chi connectivity index (χ2n) is 11.0. The molecule has 4 aliphatic carbocycles. The Morgan fingerprint density at radius 2 is 1.86 bits per heavy atom. The molecule has 35 heavy (non-hydrogen) atoms. The molecule has 0 saturated heterocycles. The zero-order valence-electron chi connectivity index (χ0n) is 20.3. The van der Waals surface area contributed by atoms with E-state index < -0.39 is 17.2 Å². The van der Waals surface area contributed by atoms with E-state index in [4.69, 9.17) is 0 Å². The molecule has 5 atom stereocenters. The van der Waals surface area contributed by atoms with Crippen molar-refractivity contribution in [3.8, 4) is 11.8 Å². The summed E-state index contributed by atoms with van der Waals surface area (Å²) in [5, 5.41) is 11.6. The Morgan fingerprint density at radius 1 is 1.14 bits per heavy atom. The maximum absolute atomic E-state index is 13.0. The average Bonchev–Trinajstić information content (AvgIpc) is 3.07. The van der Waals surface area contributed by atoms with Crippen molar-refractivity contribution in [1.29, 1.82) is 0 Å². The number of hydrogen-bond donors (Lipinski definition) is 1. The van der Waals surface area contributed by atoms with E-state index in [-0.39, 0.29) is 30.0 Å². The molecule has 184 valence electrons. The number of carbonyl (C=O) groups excluding carboxylic acids is 1. The number of aliphatic hydroxyl groups is 1. The van der Waals surface area contributed by atoms with Crippen LogP contribution >= 0.6 is 0 Å². The molecule has 0 amide bonds. The molecule has 0 bridgehead atoms. The van der Waals surface area contributed by atoms with Crippen LogP contribution in [0.15, 0.2) is 59.2 Å². The molecule has 1 N–H and O–H groups in total. The van der Waals surface area contributed by atoms with Crippen LogP contribution in [0.3, 0.4) is 0 Å². The number of carbonyl (C=O) groups is 1. The van der Waals surface area contributed by atoms with Crippen molar-refractivity contribution in [3.63, 3.8) is 0 Å². The van der Waals surface area contributed by atoms with Crippen LogP contribution in [0.5, 0.6) is 0 Å². The molecule has 0 spiro atoms. The van der Waals surface area contributed by atoms with Gasteiger partial charge in [-0.05, 0) is 80.4 Å². The van der Waals surface area contributed by atoms with E-state index in [1.54, 1.807) is 0 Å². The molecule has 0 aliphatic heterocycles. The third-order valence-corrected chi connectivity index (χ3v) is 9.13. The zero-order valence-corrected chi connectivity index (χ0v) is 20.3. The fraction of sp³-hybridized carbons (Fsp3) is 0.500. The van der Waals surface area contributed by atoms with Gasteiger partial charge < -0.3 is 5.11 Å². The molecule has 0 radical (unpaired) electrons. The molecule has 1 aromatic carbocycles. The molecule has 0 aromatic heterocycles. The summed E-state index contributed by atoms with van der Waals surface area (Å²) in [5.74, 6) is 3.92. The maximum Gasteiger partial charge on any atom is 0.457 e. The van der Waals surface area contributed by atoms with Crippen molar-refractivity contribution in [3.05, 3.63) is 70.3 Å². The summed E-state index contributed by atoms with van der Waals surface area (Å²) in [6, 6.07) is 7.62. The first-order valence-corrected chi connectivity index (χ1v) is 12.5. The van der Waals surface area contributed by atoms with Crippen LogP contribution in [0.25, 0.3) is 0 Å². The monoisotopic (exact) mass is 480 g/mol. The summed E-state index contributed by atoms with van der Waals surface area (Å²) in [6.07, 6.45) is 2.72. The third-order valence-electron chi connectivity index (χ3n) is 9.13. The van der Waals surface area contributed by atoms with Gasteiger partial charge in [0.25, 0.3) is 0 Å². The minimum Gasteiger partial charge on any atom is -0.377 e. The van der Waals surface area contributed by atoms with E-state index in [1.165, 1.54) is 29.6 Å². The van der Waals surface area contributed by atoms with Gasteiger partial charge in [0, 0.05) is 22.8 Å². The van der Waals surface area contributed by atoms with E-state index >= 15 is 0 Å². The van der Waals surface area contributed by atoms with Crippen molar-refractivity contribution < 1.29 is 23.1 Å². The fourth-order valence-electron chi connectivity index (χ4n) is 7.38. The van der Waals surface area contributed by atoms with Crippen molar-refractivity contribution in [1.82, 2.24) is 0 Å². The molecule has 5 rings (SSSR count). The van der Waals surface area contributed by atoms with Gasteiger partial charge in [-0.3, -0.25) is 4.79 Å². The summed E-state index contributed by atoms with van der Waals surface area (Å²) < 4.78 is 39.1. The van der Waals surface area contributed by atoms with Crippen molar-refractivity contribution in [2.24, 2.45) is 17.3 Å². The molecular weight excluding hydrogens is 449 g/mol. The highest BCUT2D eigenvalue weighted by atomic mass is 19.4. The van der Waals surface area contributed by atoms with Crippen LogP contribution < -0.4 is 0 Å². The number of Topliss-reactive ketones (excluding diaryl/α,β-unsaturated/α-hetero) is 1. The topological polar surface area (TPSA) is 37.3 Å². The summed E-state index contributed by atoms with van der Waals surface area (Å²) in [7, 11) is 0. The number of benzene rings is 1. The molecule has 1 aromatic rings. The van der Waals surface area contributed by atoms with E-state index in [0.717, 1.165) is 36.8 Å². The zero-order chi connectivity index (χ0) is 25.2. The Morgan fingerprint density at radius 3 is 2.51 bits per heavy atom. The van der Waals surface area contributed by atoms with Crippen LogP contribution in [0.1, 0.15) is 80.6 Å². The average molecular weight is 481 g/mol. The minimum absolute atomic E-state index is 0.00611. The summed E-state index contributed by atoms with van der Waals surface area (Å²) in [6.45, 7) is 7.65. The van der Waals surface area contributed by atoms with Gasteiger partial charge in [0.15, 0.2) is 5.78 Å². The lowest BCUT2D eigenvalue weighted by molar-refractivity contribution is -0.0739. The first-order valence-electron chi connectivity index (χ1n) is 12.5. The van der Waals surface area contributed by atoms with Crippen molar-refractivity contribution in [2.45, 2.75) is 76.5 Å². The summed E-state index contributed by atoms with van der Waals surface area (Å²) in [5.41, 5.74) is 4.49. The number of fused-ring (bicyclic) bond motifs is 4. The van der Waals surface area contributed by atoms with Gasteiger partial charge in [-0.2, -0.15) is 13.2 Å². The molecule has 4 aliphatic rings. The van der Waals surface area contributed by atoms with Gasteiger partial charge in [-0.25, -0.2) is 0 Å². The first-order chi connectivity index (χ1) is 16.4. The van der Waals surface area contributed by atoms with Crippen LogP contribution in [0, 0.1) is 29.1 Å². The molecular formula is C30H31F3O2. The Bertz CT molecular complexity index is 1210. The minimum atomic E-state index is -4.64. The van der Waals surface area contributed by atoms with E-state index in [2.05, 4.69) is 18.6 Å². The Kier molecular flexibility index (Phi) is 5.68. The predicted molar refractivity (Wildman–Crippen MR) is 130 cm³/mol. The second kappa shape index (κ2) is 8.23. The van der Waals surface area contributed by atoms with E-state index in [9.17, 15) is 23.1 Å². The van der Waals surface area contributed by atoms with E-state index in [0.29, 0.717) is 18.4 Å². The van der Waals surface area contributed by atoms with Gasteiger partial charge in [0.2, 0.25) is 0 Å². The maximum atomic E-state index is 13.0. The highest BCUT2D eigenvalue weighted by Crippen LogP contribution is 2.66. The number of hydrogen-bond acceptors (Lipinski definition) is 2. The van der Waals surface area contributed by atoms with Crippen molar-refractivity contribution >= 4 is 5.78 Å². The summed E-state index contributed by atoms with van der Waals surface area (Å²) >= 11 is 0. The highest BCUT2D eigenvalue weighted by Gasteiger charge is 2.62. The number of alkyl halides is 3. The second-order valence-corrected chi connectivity index (χ2v) is 11.0. The summed E-state index contributed by atoms with van der Waals surface area (Å²) in [4.78, 5) is 11.9. The Hall–Kier alpha value is -2.58. The quantitative estimate of drug-likeness (QED) is 0.363. The fourth-order valence-corrected chi connectivity index (χ4v) is 7.38. The number of ketones is 1. The predicted octanol–water partition coefficient (Wildman–Crippen LogP) is 7.07. The molecule has 5 heteroatoms. The molecule has 0 heterocycles. The van der Waals surface area contributed by atoms with Gasteiger partial charge in [0.05, 0.1) is 0 Å². The Labute approximate surface area is 205 Å². The van der Waals surface area contributed by atoms with E-state index in [1.807, 2.05) is 31.2 Å². The van der Waals surface area contributed by atoms with Gasteiger partial charge >= 0.3 is 6.18 Å². The molecule has 2 fully saturated rings. The molecule has 2 nitrogen and oxygen atoms in total. The van der Waals surface area contributed by atoms with Crippen LogP contribution in [-0.4, -0.2) is 22.7 Å². The van der Waals surface area contributed by atoms with Crippen LogP contribution in [0.2, 0.25) is 0 Å². The largest absolute Gasteiger partial charge is 0.457 e. The highest BCUT2D eigenvalue weighted by molar-refractivity contribution is 5.94. The molecule has 2 saturated carbocycles. The standard InChI is InChI=1S/C30H31F3O2/c1-18-4-10-23-22(16-18)9-11-24-26-12-13-29(35,14-15-30(31,32)33)28(26,3)17-25(27(23)24)21-7-5-20(6-8-21)19(2)34/h5-8,16,24-26,35H,1,4,9-13,17H2,2-3H3. The lowest BCUT2D eigenvalue weighted by Crippen LogP contribution is -2.51. The normalized spacial score (nSPS) is 34.3. The lowest BCUT2D eigenvalue weighted by atomic mass is 9.51. The number of allylic oxidation sites excluding steroid dienone is 5. The SMILES string of the molecule is C=C1C=C2CCC3C(=C2CC1)C(c1ccc(C(C)=O)cc1)CC1(C)C3CCC1(O)C#CC(F)(F)F. The lowest BCUT2D eigenvalue weighted by Gasteiger charge is -2.53. The van der Waals surface area contributed by atoms with Gasteiger partial charge in [0.1, 0.15) is 5.60 Å². The van der Waals surface area contributed by atoms with Crippen LogP contribution in [-0.2, 0) is 0 Å².